The van der Waals surface area contributed by atoms with Gasteiger partial charge in [-0.3, -0.25) is 0 Å². The lowest BCUT2D eigenvalue weighted by Crippen LogP contribution is -2.01. The Labute approximate surface area is 95.8 Å². The number of benzene rings is 1. The third kappa shape index (κ3) is 2.39. The first-order valence-electron chi connectivity index (χ1n) is 5.15. The van der Waals surface area contributed by atoms with Gasteiger partial charge in [-0.05, 0) is 24.1 Å². The van der Waals surface area contributed by atoms with E-state index in [1.165, 1.54) is 14.2 Å². The number of phenolic OH excluding ortho intramolecular Hbond substituents is 1. The van der Waals surface area contributed by atoms with Crippen LogP contribution in [-0.2, 0) is 4.74 Å². The summed E-state index contributed by atoms with van der Waals surface area (Å²) in [7, 11) is 4.66. The summed E-state index contributed by atoms with van der Waals surface area (Å²) < 4.78 is 15.5. The van der Waals surface area contributed by atoms with Gasteiger partial charge < -0.3 is 19.3 Å². The summed E-state index contributed by atoms with van der Waals surface area (Å²) in [5, 5.41) is 9.75. The number of phenols is 1. The van der Waals surface area contributed by atoms with E-state index in [4.69, 9.17) is 14.2 Å². The Balaban J connectivity index is 3.20. The van der Waals surface area contributed by atoms with Crippen molar-refractivity contribution in [3.05, 3.63) is 17.7 Å². The molecule has 1 N–H and O–H groups in total. The summed E-state index contributed by atoms with van der Waals surface area (Å²) >= 11 is 0. The quantitative estimate of drug-likeness (QED) is 0.838. The molecular weight excluding hydrogens is 208 g/mol. The molecule has 0 radical (unpaired) electrons. The van der Waals surface area contributed by atoms with E-state index in [2.05, 4.69) is 0 Å². The van der Waals surface area contributed by atoms with Gasteiger partial charge in [0.2, 0.25) is 5.75 Å². The van der Waals surface area contributed by atoms with E-state index in [9.17, 15) is 5.11 Å². The third-order valence-corrected chi connectivity index (χ3v) is 2.53. The summed E-state index contributed by atoms with van der Waals surface area (Å²) in [6.45, 7) is 2.03. The number of hydrogen-bond acceptors (Lipinski definition) is 4. The molecule has 0 aliphatic rings. The first kappa shape index (κ1) is 12.6. The lowest BCUT2D eigenvalue weighted by Gasteiger charge is -2.16. The predicted molar refractivity (Wildman–Crippen MR) is 61.3 cm³/mol. The van der Waals surface area contributed by atoms with Crippen LogP contribution in [0.4, 0.5) is 0 Å². The minimum Gasteiger partial charge on any atom is -0.502 e. The fourth-order valence-electron chi connectivity index (χ4n) is 1.64. The molecule has 4 nitrogen and oxygen atoms in total. The topological polar surface area (TPSA) is 47.9 Å². The second kappa shape index (κ2) is 5.61. The molecule has 90 valence electrons. The molecule has 0 unspecified atom stereocenters. The molecule has 1 aromatic carbocycles. The van der Waals surface area contributed by atoms with Gasteiger partial charge in [0, 0.05) is 7.11 Å². The molecule has 0 fully saturated rings. The Morgan fingerprint density at radius 2 is 1.62 bits per heavy atom. The van der Waals surface area contributed by atoms with E-state index in [0.29, 0.717) is 11.5 Å². The number of methoxy groups -OCH3 is 3. The maximum absolute atomic E-state index is 9.75. The molecule has 0 bridgehead atoms. The SMILES string of the molecule is CC[C@@H](OC)c1cc(OC)c(O)c(OC)c1. The second-order valence-corrected chi connectivity index (χ2v) is 3.41. The normalized spacial score (nSPS) is 12.2. The third-order valence-electron chi connectivity index (χ3n) is 2.53. The largest absolute Gasteiger partial charge is 0.502 e. The fraction of sp³-hybridized carbons (Fsp3) is 0.500. The van der Waals surface area contributed by atoms with Crippen molar-refractivity contribution in [1.29, 1.82) is 0 Å². The van der Waals surface area contributed by atoms with E-state index in [-0.39, 0.29) is 11.9 Å². The highest BCUT2D eigenvalue weighted by Crippen LogP contribution is 2.39. The van der Waals surface area contributed by atoms with E-state index in [1.54, 1.807) is 19.2 Å². The minimum atomic E-state index is -0.0246. The van der Waals surface area contributed by atoms with Crippen LogP contribution < -0.4 is 9.47 Å². The van der Waals surface area contributed by atoms with Crippen LogP contribution in [0, 0.1) is 0 Å². The Bertz CT molecular complexity index is 320. The van der Waals surface area contributed by atoms with Crippen LogP contribution in [0.15, 0.2) is 12.1 Å². The Hall–Kier alpha value is -1.42. The maximum Gasteiger partial charge on any atom is 0.200 e. The van der Waals surface area contributed by atoms with E-state index in [0.717, 1.165) is 12.0 Å². The van der Waals surface area contributed by atoms with Crippen LogP contribution in [0.25, 0.3) is 0 Å². The van der Waals surface area contributed by atoms with Crippen molar-refractivity contribution >= 4 is 0 Å². The molecule has 1 aromatic rings. The first-order valence-corrected chi connectivity index (χ1v) is 5.15. The number of hydrogen-bond donors (Lipinski definition) is 1. The molecule has 0 aromatic heterocycles. The van der Waals surface area contributed by atoms with Crippen LogP contribution in [0.2, 0.25) is 0 Å². The molecule has 0 aliphatic heterocycles. The molecule has 0 spiro atoms. The van der Waals surface area contributed by atoms with Gasteiger partial charge in [-0.25, -0.2) is 0 Å². The van der Waals surface area contributed by atoms with Crippen molar-refractivity contribution < 1.29 is 19.3 Å². The molecule has 1 rings (SSSR count). The van der Waals surface area contributed by atoms with Crippen molar-refractivity contribution in [2.45, 2.75) is 19.4 Å². The van der Waals surface area contributed by atoms with Crippen molar-refractivity contribution in [1.82, 2.24) is 0 Å². The van der Waals surface area contributed by atoms with Gasteiger partial charge in [-0.15, -0.1) is 0 Å². The van der Waals surface area contributed by atoms with Gasteiger partial charge in [0.1, 0.15) is 0 Å². The highest BCUT2D eigenvalue weighted by molar-refractivity contribution is 5.53. The van der Waals surface area contributed by atoms with Crippen molar-refractivity contribution in [2.75, 3.05) is 21.3 Å². The zero-order valence-corrected chi connectivity index (χ0v) is 10.1. The number of aromatic hydroxyl groups is 1. The zero-order valence-electron chi connectivity index (χ0n) is 10.1. The van der Waals surface area contributed by atoms with Gasteiger partial charge >= 0.3 is 0 Å². The molecular formula is C12H18O4. The van der Waals surface area contributed by atoms with Crippen LogP contribution in [0.3, 0.4) is 0 Å². The monoisotopic (exact) mass is 226 g/mol. The average Bonchev–Trinajstić information content (AvgIpc) is 2.32. The standard InChI is InChI=1S/C12H18O4/c1-5-9(14-2)8-6-10(15-3)12(13)11(7-8)16-4/h6-7,9,13H,5H2,1-4H3/t9-/m1/s1. The zero-order chi connectivity index (χ0) is 12.1. The summed E-state index contributed by atoms with van der Waals surface area (Å²) in [6.07, 6.45) is 0.816. The molecule has 0 saturated carbocycles. The van der Waals surface area contributed by atoms with Crippen molar-refractivity contribution in [3.63, 3.8) is 0 Å². The highest BCUT2D eigenvalue weighted by atomic mass is 16.5. The van der Waals surface area contributed by atoms with Gasteiger partial charge in [0.05, 0.1) is 20.3 Å². The number of ether oxygens (including phenoxy) is 3. The molecule has 0 aliphatic carbocycles. The molecule has 1 atom stereocenters. The highest BCUT2D eigenvalue weighted by Gasteiger charge is 2.16. The smallest absolute Gasteiger partial charge is 0.200 e. The number of rotatable bonds is 5. The Morgan fingerprint density at radius 1 is 1.12 bits per heavy atom. The van der Waals surface area contributed by atoms with Gasteiger partial charge in [0.15, 0.2) is 11.5 Å². The minimum absolute atomic E-state index is 0.0136. The van der Waals surface area contributed by atoms with E-state index in [1.807, 2.05) is 6.92 Å². The molecule has 4 heteroatoms. The fourth-order valence-corrected chi connectivity index (χ4v) is 1.64. The predicted octanol–water partition coefficient (Wildman–Crippen LogP) is 2.51. The van der Waals surface area contributed by atoms with Crippen molar-refractivity contribution in [2.24, 2.45) is 0 Å². The summed E-state index contributed by atoms with van der Waals surface area (Å²) in [6, 6.07) is 3.52. The van der Waals surface area contributed by atoms with Crippen molar-refractivity contribution in [3.8, 4) is 17.2 Å². The van der Waals surface area contributed by atoms with Crippen LogP contribution >= 0.6 is 0 Å². The summed E-state index contributed by atoms with van der Waals surface area (Å²) in [5.41, 5.74) is 0.927. The molecule has 16 heavy (non-hydrogen) atoms. The Kier molecular flexibility index (Phi) is 4.43. The van der Waals surface area contributed by atoms with Gasteiger partial charge in [-0.2, -0.15) is 0 Å². The van der Waals surface area contributed by atoms with Crippen LogP contribution in [-0.4, -0.2) is 26.4 Å². The van der Waals surface area contributed by atoms with Gasteiger partial charge in [0.25, 0.3) is 0 Å². The first-order chi connectivity index (χ1) is 7.67. The van der Waals surface area contributed by atoms with Crippen LogP contribution in [0.5, 0.6) is 17.2 Å². The lowest BCUT2D eigenvalue weighted by atomic mass is 10.1. The maximum atomic E-state index is 9.75. The van der Waals surface area contributed by atoms with E-state index < -0.39 is 0 Å². The average molecular weight is 226 g/mol. The van der Waals surface area contributed by atoms with Crippen LogP contribution in [0.1, 0.15) is 25.0 Å². The second-order valence-electron chi connectivity index (χ2n) is 3.41. The summed E-state index contributed by atoms with van der Waals surface area (Å²) in [5.74, 6) is 0.800. The molecule has 0 saturated heterocycles. The molecule has 0 heterocycles. The van der Waals surface area contributed by atoms with Gasteiger partial charge in [-0.1, -0.05) is 6.92 Å². The molecule has 0 amide bonds. The van der Waals surface area contributed by atoms with E-state index >= 15 is 0 Å². The lowest BCUT2D eigenvalue weighted by molar-refractivity contribution is 0.0995. The summed E-state index contributed by atoms with van der Waals surface area (Å²) in [4.78, 5) is 0. The Morgan fingerprint density at radius 3 is 1.94 bits per heavy atom.